The van der Waals surface area contributed by atoms with Crippen molar-refractivity contribution in [1.82, 2.24) is 10.6 Å². The first-order chi connectivity index (χ1) is 11.7. The Balaban J connectivity index is 1.94. The number of ether oxygens (including phenoxy) is 1. The molecule has 0 spiro atoms. The fraction of sp³-hybridized carbons (Fsp3) is 0.529. The number of thioether (sulfide) groups is 1. The molecule has 1 atom stereocenters. The van der Waals surface area contributed by atoms with Crippen molar-refractivity contribution in [1.29, 1.82) is 0 Å². The molecule has 0 radical (unpaired) electrons. The minimum Gasteiger partial charge on any atom is -0.484 e. The molecule has 2 rings (SSSR count). The third-order valence-corrected chi connectivity index (χ3v) is 4.76. The third-order valence-electron chi connectivity index (χ3n) is 3.54. The van der Waals surface area contributed by atoms with Crippen LogP contribution < -0.4 is 21.1 Å². The summed E-state index contributed by atoms with van der Waals surface area (Å²) in [5, 5.41) is 6.80. The van der Waals surface area contributed by atoms with Crippen LogP contribution in [0.1, 0.15) is 25.3 Å². The van der Waals surface area contributed by atoms with E-state index >= 15 is 0 Å². The largest absolute Gasteiger partial charge is 0.484 e. The maximum Gasteiger partial charge on any atom is 0.255 e. The lowest BCUT2D eigenvalue weighted by molar-refractivity contribution is -0.119. The lowest BCUT2D eigenvalue weighted by Gasteiger charge is -2.24. The van der Waals surface area contributed by atoms with Crippen LogP contribution in [-0.4, -0.2) is 42.6 Å². The van der Waals surface area contributed by atoms with Crippen molar-refractivity contribution >= 4 is 23.6 Å². The molecule has 1 heterocycles. The van der Waals surface area contributed by atoms with Crippen molar-refractivity contribution in [2.75, 3.05) is 24.7 Å². The molecule has 0 aliphatic carbocycles. The first-order valence-corrected chi connectivity index (χ1v) is 9.45. The van der Waals surface area contributed by atoms with E-state index in [9.17, 15) is 4.79 Å². The number of amides is 1. The van der Waals surface area contributed by atoms with Gasteiger partial charge in [-0.15, -0.1) is 0 Å². The predicted molar refractivity (Wildman–Crippen MR) is 99.4 cm³/mol. The van der Waals surface area contributed by atoms with E-state index in [0.29, 0.717) is 18.3 Å². The molecule has 1 fully saturated rings. The molecular weight excluding hydrogens is 324 g/mol. The summed E-state index contributed by atoms with van der Waals surface area (Å²) in [4.78, 5) is 15.4. The van der Waals surface area contributed by atoms with Gasteiger partial charge in [-0.2, -0.15) is 11.8 Å². The Morgan fingerprint density at radius 3 is 3.08 bits per heavy atom. The Morgan fingerprint density at radius 1 is 1.50 bits per heavy atom. The molecule has 24 heavy (non-hydrogen) atoms. The smallest absolute Gasteiger partial charge is 0.255 e. The number of benzene rings is 1. The molecule has 1 unspecified atom stereocenters. The number of carbonyl (C=O) groups excluding carboxylic acids is 1. The van der Waals surface area contributed by atoms with E-state index in [0.717, 1.165) is 23.8 Å². The van der Waals surface area contributed by atoms with Crippen LogP contribution >= 0.6 is 11.8 Å². The normalized spacial score (nSPS) is 18.0. The summed E-state index contributed by atoms with van der Waals surface area (Å²) in [6.45, 7) is 3.32. The fourth-order valence-electron chi connectivity index (χ4n) is 2.43. The summed E-state index contributed by atoms with van der Waals surface area (Å²) in [7, 11) is 0. The van der Waals surface area contributed by atoms with Gasteiger partial charge in [-0.1, -0.05) is 12.1 Å². The molecule has 0 bridgehead atoms. The average Bonchev–Trinajstić information content (AvgIpc) is 2.59. The zero-order valence-corrected chi connectivity index (χ0v) is 14.9. The molecule has 0 aromatic heterocycles. The predicted octanol–water partition coefficient (Wildman–Crippen LogP) is 1.50. The summed E-state index contributed by atoms with van der Waals surface area (Å²) in [5.74, 6) is 3.36. The number of primary amides is 1. The molecule has 1 amide bonds. The number of aliphatic imine (C=N–C) groups is 1. The van der Waals surface area contributed by atoms with E-state index in [1.54, 1.807) is 6.07 Å². The van der Waals surface area contributed by atoms with Crippen molar-refractivity contribution in [3.8, 4) is 5.75 Å². The van der Waals surface area contributed by atoms with E-state index in [1.165, 1.54) is 18.6 Å². The summed E-state index contributed by atoms with van der Waals surface area (Å²) < 4.78 is 5.33. The van der Waals surface area contributed by atoms with Crippen molar-refractivity contribution in [3.05, 3.63) is 29.8 Å². The lowest BCUT2D eigenvalue weighted by atomic mass is 10.2. The first kappa shape index (κ1) is 18.4. The fourth-order valence-corrected chi connectivity index (χ4v) is 3.50. The number of hydrogen-bond acceptors (Lipinski definition) is 4. The Morgan fingerprint density at radius 2 is 2.38 bits per heavy atom. The van der Waals surface area contributed by atoms with Crippen LogP contribution in [0, 0.1) is 0 Å². The average molecular weight is 350 g/mol. The van der Waals surface area contributed by atoms with Crippen molar-refractivity contribution in [3.63, 3.8) is 0 Å². The molecule has 0 saturated carbocycles. The van der Waals surface area contributed by atoms with Gasteiger partial charge in [0.25, 0.3) is 5.91 Å². The van der Waals surface area contributed by atoms with Gasteiger partial charge in [0.2, 0.25) is 0 Å². The molecule has 132 valence electrons. The molecule has 1 aromatic rings. The van der Waals surface area contributed by atoms with Gasteiger partial charge in [-0.25, -0.2) is 4.99 Å². The van der Waals surface area contributed by atoms with Crippen LogP contribution in [0.4, 0.5) is 0 Å². The number of carbonyl (C=O) groups is 1. The second kappa shape index (κ2) is 10.1. The van der Waals surface area contributed by atoms with Gasteiger partial charge in [-0.05, 0) is 43.2 Å². The molecule has 4 N–H and O–H groups in total. The van der Waals surface area contributed by atoms with Gasteiger partial charge in [-0.3, -0.25) is 4.79 Å². The summed E-state index contributed by atoms with van der Waals surface area (Å²) in [6.07, 6.45) is 2.44. The molecule has 1 aliphatic rings. The summed E-state index contributed by atoms with van der Waals surface area (Å²) >= 11 is 1.99. The topological polar surface area (TPSA) is 88.7 Å². The maximum absolute atomic E-state index is 10.8. The van der Waals surface area contributed by atoms with Gasteiger partial charge in [0.15, 0.2) is 12.6 Å². The zero-order valence-electron chi connectivity index (χ0n) is 14.1. The van der Waals surface area contributed by atoms with Crippen molar-refractivity contribution in [2.24, 2.45) is 10.7 Å². The van der Waals surface area contributed by atoms with Crippen molar-refractivity contribution in [2.45, 2.75) is 32.4 Å². The number of hydrogen-bond donors (Lipinski definition) is 3. The van der Waals surface area contributed by atoms with Gasteiger partial charge in [0, 0.05) is 18.3 Å². The first-order valence-electron chi connectivity index (χ1n) is 8.30. The quantitative estimate of drug-likeness (QED) is 0.512. The molecular formula is C17H26N4O2S. The molecule has 7 heteroatoms. The Hall–Kier alpha value is -1.89. The second-order valence-corrected chi connectivity index (χ2v) is 6.81. The van der Waals surface area contributed by atoms with E-state index in [-0.39, 0.29) is 6.61 Å². The van der Waals surface area contributed by atoms with Gasteiger partial charge >= 0.3 is 0 Å². The Bertz CT molecular complexity index is 559. The summed E-state index contributed by atoms with van der Waals surface area (Å²) in [6, 6.07) is 8.04. The highest BCUT2D eigenvalue weighted by molar-refractivity contribution is 7.99. The Kier molecular flexibility index (Phi) is 7.74. The Labute approximate surface area is 147 Å². The molecule has 1 aromatic carbocycles. The number of guanidine groups is 1. The third kappa shape index (κ3) is 6.70. The SMILES string of the molecule is CCNC(=NCc1cccc(OCC(N)=O)c1)NC1CCCSC1. The number of nitrogens with zero attached hydrogens (tertiary/aromatic N) is 1. The lowest BCUT2D eigenvalue weighted by Crippen LogP contribution is -2.45. The van der Waals surface area contributed by atoms with Crippen LogP contribution in [-0.2, 0) is 11.3 Å². The minimum absolute atomic E-state index is 0.115. The van der Waals surface area contributed by atoms with E-state index in [1.807, 2.05) is 30.0 Å². The maximum atomic E-state index is 10.8. The monoisotopic (exact) mass is 350 g/mol. The number of rotatable bonds is 7. The number of nitrogens with two attached hydrogens (primary N) is 1. The van der Waals surface area contributed by atoms with E-state index in [4.69, 9.17) is 10.5 Å². The van der Waals surface area contributed by atoms with Crippen LogP contribution in [0.3, 0.4) is 0 Å². The van der Waals surface area contributed by atoms with E-state index in [2.05, 4.69) is 22.5 Å². The highest BCUT2D eigenvalue weighted by atomic mass is 32.2. The van der Waals surface area contributed by atoms with E-state index < -0.39 is 5.91 Å². The van der Waals surface area contributed by atoms with Crippen LogP contribution in [0.15, 0.2) is 29.3 Å². The van der Waals surface area contributed by atoms with Crippen LogP contribution in [0.25, 0.3) is 0 Å². The molecule has 1 aliphatic heterocycles. The standard InChI is InChI=1S/C17H26N4O2S/c1-2-19-17(21-14-6-4-8-24-12-14)20-10-13-5-3-7-15(9-13)23-11-16(18)22/h3,5,7,9,14H,2,4,6,8,10-12H2,1H3,(H2,18,22)(H2,19,20,21). The van der Waals surface area contributed by atoms with Gasteiger partial charge in [0.05, 0.1) is 6.54 Å². The highest BCUT2D eigenvalue weighted by Crippen LogP contribution is 2.17. The molecule has 6 nitrogen and oxygen atoms in total. The second-order valence-electron chi connectivity index (χ2n) is 5.66. The van der Waals surface area contributed by atoms with Gasteiger partial charge in [0.1, 0.15) is 5.75 Å². The zero-order chi connectivity index (χ0) is 17.2. The highest BCUT2D eigenvalue weighted by Gasteiger charge is 2.14. The van der Waals surface area contributed by atoms with Gasteiger partial charge < -0.3 is 21.1 Å². The minimum atomic E-state index is -0.484. The summed E-state index contributed by atoms with van der Waals surface area (Å²) in [5.41, 5.74) is 6.12. The van der Waals surface area contributed by atoms with Crippen LogP contribution in [0.5, 0.6) is 5.75 Å². The number of nitrogens with one attached hydrogen (secondary N) is 2. The molecule has 1 saturated heterocycles. The van der Waals surface area contributed by atoms with Crippen molar-refractivity contribution < 1.29 is 9.53 Å². The van der Waals surface area contributed by atoms with Crippen LogP contribution in [0.2, 0.25) is 0 Å².